The van der Waals surface area contributed by atoms with E-state index >= 15 is 0 Å². The predicted octanol–water partition coefficient (Wildman–Crippen LogP) is 5.28. The number of amides is 1. The Morgan fingerprint density at radius 2 is 2.00 bits per heavy atom. The van der Waals surface area contributed by atoms with Crippen LogP contribution in [0.25, 0.3) is 0 Å². The molecule has 0 radical (unpaired) electrons. The van der Waals surface area contributed by atoms with Gasteiger partial charge < -0.3 is 19.4 Å². The molecule has 1 aliphatic rings. The Morgan fingerprint density at radius 3 is 2.74 bits per heavy atom. The Balaban J connectivity index is 1.38. The fraction of sp³-hybridized carbons (Fsp3) is 0.250. The monoisotopic (exact) mass is 492 g/mol. The van der Waals surface area contributed by atoms with Crippen molar-refractivity contribution in [2.45, 2.75) is 32.1 Å². The molecule has 0 aliphatic carbocycles. The number of ether oxygens (including phenoxy) is 1. The van der Waals surface area contributed by atoms with Gasteiger partial charge in [-0.3, -0.25) is 9.59 Å². The molecule has 0 fully saturated rings. The largest absolute Gasteiger partial charge is 0.477 e. The summed E-state index contributed by atoms with van der Waals surface area (Å²) in [5.41, 5.74) is 0.658. The number of nitrogens with zero attached hydrogens (tertiary/aromatic N) is 1. The number of fused-ring (bicyclic) bond motifs is 1. The maximum atomic E-state index is 12.9. The van der Waals surface area contributed by atoms with Gasteiger partial charge in [0.2, 0.25) is 11.2 Å². The maximum Gasteiger partial charge on any atom is 0.416 e. The highest BCUT2D eigenvalue weighted by molar-refractivity contribution is 6.33. The van der Waals surface area contributed by atoms with Crippen molar-refractivity contribution in [2.75, 3.05) is 16.8 Å². The molecule has 6 nitrogen and oxygen atoms in total. The summed E-state index contributed by atoms with van der Waals surface area (Å²) in [6.07, 6.45) is -2.57. The molecule has 1 N–H and O–H groups in total. The molecular weight excluding hydrogens is 473 g/mol. The molecule has 178 valence electrons. The molecule has 0 saturated heterocycles. The molecule has 34 heavy (non-hydrogen) atoms. The molecule has 4 rings (SSSR count). The van der Waals surface area contributed by atoms with Gasteiger partial charge in [0.05, 0.1) is 22.8 Å². The molecule has 10 heteroatoms. The van der Waals surface area contributed by atoms with Crippen LogP contribution in [0.4, 0.5) is 24.5 Å². The molecule has 0 unspecified atom stereocenters. The van der Waals surface area contributed by atoms with Crippen LogP contribution in [0.5, 0.6) is 5.75 Å². The maximum absolute atomic E-state index is 12.9. The molecule has 2 heterocycles. The van der Waals surface area contributed by atoms with Crippen molar-refractivity contribution >= 4 is 28.9 Å². The standard InChI is InChI=1S/C24H20ClF3N2O4/c1-14-8-15-4-2-3-5-20(15)30(14)11-17-10-21(31)22(12-33-17)34-13-23(32)29-19-9-16(24(26,27)28)6-7-18(19)25/h2-7,9-10,12,14H,8,11,13H2,1H3,(H,29,32)/t14-/m0/s1. The summed E-state index contributed by atoms with van der Waals surface area (Å²) in [6.45, 7) is 1.86. The van der Waals surface area contributed by atoms with Gasteiger partial charge in [-0.15, -0.1) is 0 Å². The summed E-state index contributed by atoms with van der Waals surface area (Å²) in [4.78, 5) is 26.7. The Morgan fingerprint density at radius 1 is 1.24 bits per heavy atom. The zero-order chi connectivity index (χ0) is 24.5. The number of nitrogens with one attached hydrogen (secondary N) is 1. The van der Waals surface area contributed by atoms with E-state index in [2.05, 4.69) is 23.2 Å². The zero-order valence-electron chi connectivity index (χ0n) is 18.0. The Kier molecular flexibility index (Phi) is 6.56. The first-order chi connectivity index (χ1) is 16.1. The minimum atomic E-state index is -4.59. The molecule has 1 atom stereocenters. The normalized spacial score (nSPS) is 15.2. The fourth-order valence-corrected chi connectivity index (χ4v) is 3.96. The first-order valence-corrected chi connectivity index (χ1v) is 10.8. The van der Waals surface area contributed by atoms with Gasteiger partial charge in [0, 0.05) is 17.8 Å². The summed E-state index contributed by atoms with van der Waals surface area (Å²) in [5.74, 6) is -0.544. The van der Waals surface area contributed by atoms with Gasteiger partial charge in [-0.1, -0.05) is 29.8 Å². The molecule has 0 saturated carbocycles. The molecule has 1 aromatic heterocycles. The van der Waals surface area contributed by atoms with Crippen LogP contribution in [0.15, 0.2) is 64.0 Å². The molecule has 1 aliphatic heterocycles. The molecule has 0 spiro atoms. The Hall–Kier alpha value is -3.46. The summed E-state index contributed by atoms with van der Waals surface area (Å²) in [5, 5.41) is 2.18. The number of anilines is 2. The van der Waals surface area contributed by atoms with Gasteiger partial charge in [0.15, 0.2) is 6.61 Å². The number of benzene rings is 2. The number of halogens is 4. The predicted molar refractivity (Wildman–Crippen MR) is 121 cm³/mol. The summed E-state index contributed by atoms with van der Waals surface area (Å²) >= 11 is 5.87. The van der Waals surface area contributed by atoms with E-state index in [1.165, 1.54) is 11.6 Å². The lowest BCUT2D eigenvalue weighted by Crippen LogP contribution is -2.29. The minimum absolute atomic E-state index is 0.0667. The number of alkyl halides is 3. The number of hydrogen-bond donors (Lipinski definition) is 1. The van der Waals surface area contributed by atoms with E-state index in [0.717, 1.165) is 36.6 Å². The average molecular weight is 493 g/mol. The smallest absolute Gasteiger partial charge is 0.416 e. The van der Waals surface area contributed by atoms with Gasteiger partial charge in [0.1, 0.15) is 12.0 Å². The van der Waals surface area contributed by atoms with Crippen molar-refractivity contribution in [1.82, 2.24) is 0 Å². The average Bonchev–Trinajstić information content (AvgIpc) is 3.09. The van der Waals surface area contributed by atoms with Crippen LogP contribution in [0.3, 0.4) is 0 Å². The van der Waals surface area contributed by atoms with Gasteiger partial charge in [-0.2, -0.15) is 13.2 Å². The van der Waals surface area contributed by atoms with E-state index in [-0.39, 0.29) is 22.5 Å². The van der Waals surface area contributed by atoms with E-state index in [1.54, 1.807) is 0 Å². The topological polar surface area (TPSA) is 71.8 Å². The van der Waals surface area contributed by atoms with Crippen LogP contribution in [-0.4, -0.2) is 18.6 Å². The van der Waals surface area contributed by atoms with Crippen molar-refractivity contribution in [2.24, 2.45) is 0 Å². The highest BCUT2D eigenvalue weighted by Crippen LogP contribution is 2.34. The number of carbonyl (C=O) groups excluding carboxylic acids is 1. The van der Waals surface area contributed by atoms with Crippen LogP contribution >= 0.6 is 11.6 Å². The van der Waals surface area contributed by atoms with E-state index < -0.39 is 29.7 Å². The van der Waals surface area contributed by atoms with Gasteiger partial charge in [-0.05, 0) is 43.2 Å². The number of para-hydroxylation sites is 1. The highest BCUT2D eigenvalue weighted by atomic mass is 35.5. The van der Waals surface area contributed by atoms with E-state index in [4.69, 9.17) is 20.8 Å². The lowest BCUT2D eigenvalue weighted by atomic mass is 10.1. The van der Waals surface area contributed by atoms with Crippen LogP contribution < -0.4 is 20.4 Å². The Labute approximate surface area is 197 Å². The molecule has 0 bridgehead atoms. The fourth-order valence-electron chi connectivity index (χ4n) is 3.79. The molecular formula is C24H20ClF3N2O4. The molecule has 2 aromatic carbocycles. The van der Waals surface area contributed by atoms with Gasteiger partial charge in [0.25, 0.3) is 5.91 Å². The quantitative estimate of drug-likeness (QED) is 0.507. The SMILES string of the molecule is C[C@H]1Cc2ccccc2N1Cc1cc(=O)c(OCC(=O)Nc2cc(C(F)(F)F)ccc2Cl)co1. The first kappa shape index (κ1) is 23.7. The van der Waals surface area contributed by atoms with Crippen LogP contribution in [0.2, 0.25) is 5.02 Å². The summed E-state index contributed by atoms with van der Waals surface area (Å²) in [7, 11) is 0. The van der Waals surface area contributed by atoms with Crippen molar-refractivity contribution in [3.8, 4) is 5.75 Å². The summed E-state index contributed by atoms with van der Waals surface area (Å²) in [6, 6.07) is 12.1. The van der Waals surface area contributed by atoms with Gasteiger partial charge >= 0.3 is 6.18 Å². The highest BCUT2D eigenvalue weighted by Gasteiger charge is 2.31. The Bertz CT molecular complexity index is 1280. The minimum Gasteiger partial charge on any atom is -0.477 e. The van der Waals surface area contributed by atoms with E-state index in [9.17, 15) is 22.8 Å². The number of carbonyl (C=O) groups is 1. The molecule has 3 aromatic rings. The van der Waals surface area contributed by atoms with E-state index in [1.807, 2.05) is 18.2 Å². The van der Waals surface area contributed by atoms with Gasteiger partial charge in [-0.25, -0.2) is 0 Å². The molecule has 1 amide bonds. The van der Waals surface area contributed by atoms with E-state index in [0.29, 0.717) is 12.3 Å². The lowest BCUT2D eigenvalue weighted by Gasteiger charge is -2.24. The first-order valence-electron chi connectivity index (χ1n) is 10.4. The van der Waals surface area contributed by atoms with Crippen LogP contribution in [-0.2, 0) is 23.9 Å². The van der Waals surface area contributed by atoms with Crippen LogP contribution in [0, 0.1) is 0 Å². The third-order valence-electron chi connectivity index (χ3n) is 5.45. The third-order valence-corrected chi connectivity index (χ3v) is 5.78. The third kappa shape index (κ3) is 5.20. The number of rotatable bonds is 6. The van der Waals surface area contributed by atoms with Crippen molar-refractivity contribution < 1.29 is 27.1 Å². The zero-order valence-corrected chi connectivity index (χ0v) is 18.7. The lowest BCUT2D eigenvalue weighted by molar-refractivity contribution is -0.137. The second-order valence-electron chi connectivity index (χ2n) is 7.91. The van der Waals surface area contributed by atoms with Crippen molar-refractivity contribution in [3.63, 3.8) is 0 Å². The second kappa shape index (κ2) is 9.42. The number of hydrogen-bond acceptors (Lipinski definition) is 5. The van der Waals surface area contributed by atoms with Crippen molar-refractivity contribution in [3.05, 3.63) is 86.9 Å². The second-order valence-corrected chi connectivity index (χ2v) is 8.32. The summed E-state index contributed by atoms with van der Waals surface area (Å²) < 4.78 is 49.4. The van der Waals surface area contributed by atoms with Crippen molar-refractivity contribution in [1.29, 1.82) is 0 Å². The van der Waals surface area contributed by atoms with Crippen LogP contribution in [0.1, 0.15) is 23.8 Å².